The molecule has 2 N–H and O–H groups in total. The maximum Gasteiger partial charge on any atom is 0.330 e. The van der Waals surface area contributed by atoms with Crippen molar-refractivity contribution in [1.82, 2.24) is 9.55 Å². The number of aromatic amines is 1. The number of halogens is 2. The lowest BCUT2D eigenvalue weighted by molar-refractivity contribution is -0.0240. The van der Waals surface area contributed by atoms with Crippen LogP contribution in [0.4, 0.5) is 0 Å². The molecule has 0 bridgehead atoms. The number of H-pyrrole nitrogens is 1. The van der Waals surface area contributed by atoms with Crippen LogP contribution in [0.5, 0.6) is 0 Å². The van der Waals surface area contributed by atoms with E-state index < -0.39 is 23.6 Å². The molecule has 1 aliphatic heterocycles. The SMILES string of the molecule is O=c1[nH]c(=O)n([C@H]2C[C@H](Cl)[C@@H](CO)O2)cc1/C=C/Br. The first kappa shape index (κ1) is 14.5. The largest absolute Gasteiger partial charge is 0.394 e. The monoisotopic (exact) mass is 350 g/mol. The second-order valence-electron chi connectivity index (χ2n) is 4.11. The molecule has 3 atom stereocenters. The Morgan fingerprint density at radius 3 is 2.95 bits per heavy atom. The third-order valence-corrected chi connectivity index (χ3v) is 3.61. The number of nitrogens with one attached hydrogen (secondary N) is 1. The molecule has 0 saturated carbocycles. The third kappa shape index (κ3) is 3.00. The fourth-order valence-electron chi connectivity index (χ4n) is 1.92. The predicted molar refractivity (Wildman–Crippen MR) is 74.5 cm³/mol. The smallest absolute Gasteiger partial charge is 0.330 e. The lowest BCUT2D eigenvalue weighted by Crippen LogP contribution is -2.33. The van der Waals surface area contributed by atoms with Gasteiger partial charge in [0, 0.05) is 12.6 Å². The van der Waals surface area contributed by atoms with Crippen molar-refractivity contribution in [2.24, 2.45) is 0 Å². The molecule has 0 spiro atoms. The number of rotatable bonds is 3. The van der Waals surface area contributed by atoms with Crippen LogP contribution in [0.3, 0.4) is 0 Å². The van der Waals surface area contributed by atoms with Gasteiger partial charge in [-0.3, -0.25) is 14.3 Å². The molecule has 0 unspecified atom stereocenters. The summed E-state index contributed by atoms with van der Waals surface area (Å²) in [5, 5.41) is 8.71. The average Bonchev–Trinajstić information content (AvgIpc) is 2.74. The Labute approximate surface area is 121 Å². The highest BCUT2D eigenvalue weighted by Gasteiger charge is 2.35. The van der Waals surface area contributed by atoms with Crippen molar-refractivity contribution in [3.63, 3.8) is 0 Å². The van der Waals surface area contributed by atoms with Crippen LogP contribution in [0.1, 0.15) is 18.2 Å². The summed E-state index contributed by atoms with van der Waals surface area (Å²) in [6.45, 7) is -0.211. The minimum Gasteiger partial charge on any atom is -0.394 e. The lowest BCUT2D eigenvalue weighted by Gasteiger charge is -2.14. The summed E-state index contributed by atoms with van der Waals surface area (Å²) in [5.74, 6) is 0. The number of aliphatic hydroxyl groups excluding tert-OH is 1. The van der Waals surface area contributed by atoms with Gasteiger partial charge < -0.3 is 9.84 Å². The first-order valence-corrected chi connectivity index (χ1v) is 6.94. The number of ether oxygens (including phenoxy) is 1. The highest BCUT2D eigenvalue weighted by atomic mass is 79.9. The lowest BCUT2D eigenvalue weighted by atomic mass is 10.2. The van der Waals surface area contributed by atoms with Crippen molar-refractivity contribution >= 4 is 33.6 Å². The first-order valence-electron chi connectivity index (χ1n) is 5.59. The van der Waals surface area contributed by atoms with Crippen LogP contribution in [0.2, 0.25) is 0 Å². The second-order valence-corrected chi connectivity index (χ2v) is 5.20. The molecular weight excluding hydrogens is 339 g/mol. The van der Waals surface area contributed by atoms with Crippen molar-refractivity contribution in [2.45, 2.75) is 24.1 Å². The molecule has 0 amide bonds. The average molecular weight is 352 g/mol. The molecule has 0 aromatic carbocycles. The summed E-state index contributed by atoms with van der Waals surface area (Å²) < 4.78 is 6.76. The van der Waals surface area contributed by atoms with Crippen molar-refractivity contribution < 1.29 is 9.84 Å². The van der Waals surface area contributed by atoms with E-state index in [4.69, 9.17) is 21.4 Å². The molecular formula is C11H12BrClN2O4. The maximum absolute atomic E-state index is 11.8. The minimum atomic E-state index is -0.591. The molecule has 1 aliphatic rings. The Hall–Kier alpha value is -0.890. The van der Waals surface area contributed by atoms with Gasteiger partial charge >= 0.3 is 5.69 Å². The zero-order valence-corrected chi connectivity index (χ0v) is 12.1. The summed E-state index contributed by atoms with van der Waals surface area (Å²) in [6.07, 6.45) is 2.21. The summed E-state index contributed by atoms with van der Waals surface area (Å²) in [6, 6.07) is 0. The number of hydrogen-bond acceptors (Lipinski definition) is 4. The van der Waals surface area contributed by atoms with Crippen LogP contribution in [0.15, 0.2) is 20.8 Å². The number of nitrogens with zero attached hydrogens (tertiary/aromatic N) is 1. The van der Waals surface area contributed by atoms with Crippen LogP contribution < -0.4 is 11.2 Å². The number of hydrogen-bond donors (Lipinski definition) is 2. The van der Waals surface area contributed by atoms with Gasteiger partial charge in [-0.2, -0.15) is 0 Å². The molecule has 0 aliphatic carbocycles. The Kier molecular flexibility index (Phi) is 4.62. The Morgan fingerprint density at radius 1 is 1.63 bits per heavy atom. The van der Waals surface area contributed by atoms with Gasteiger partial charge in [-0.15, -0.1) is 11.6 Å². The zero-order valence-electron chi connectivity index (χ0n) is 9.75. The predicted octanol–water partition coefficient (Wildman–Crippen LogP) is 0.789. The maximum atomic E-state index is 11.8. The fourth-order valence-corrected chi connectivity index (χ4v) is 2.50. The number of aliphatic hydroxyl groups is 1. The Morgan fingerprint density at radius 2 is 2.37 bits per heavy atom. The summed E-state index contributed by atoms with van der Waals surface area (Å²) in [7, 11) is 0. The van der Waals surface area contributed by atoms with Crippen LogP contribution in [0.25, 0.3) is 6.08 Å². The summed E-state index contributed by atoms with van der Waals surface area (Å²) in [5.41, 5.74) is -0.723. The first-order chi connectivity index (χ1) is 9.06. The number of alkyl halides is 1. The van der Waals surface area contributed by atoms with Crippen LogP contribution in [-0.4, -0.2) is 32.7 Å². The zero-order chi connectivity index (χ0) is 14.0. The number of aromatic nitrogens is 2. The van der Waals surface area contributed by atoms with E-state index in [2.05, 4.69) is 20.9 Å². The molecule has 1 saturated heterocycles. The van der Waals surface area contributed by atoms with Crippen LogP contribution in [-0.2, 0) is 4.74 Å². The molecule has 2 rings (SSSR count). The van der Waals surface area contributed by atoms with Crippen molar-refractivity contribution in [2.75, 3.05) is 6.61 Å². The standard InChI is InChI=1S/C11H12BrClN2O4/c12-2-1-6-4-15(11(18)14-10(6)17)9-3-7(13)8(5-16)19-9/h1-2,4,7-9,16H,3,5H2,(H,14,17,18)/b2-1+/t7-,8+,9+/m0/s1. The van der Waals surface area contributed by atoms with Crippen molar-refractivity contribution in [1.29, 1.82) is 0 Å². The molecule has 0 radical (unpaired) electrons. The third-order valence-electron chi connectivity index (χ3n) is 2.89. The van der Waals surface area contributed by atoms with Gasteiger partial charge in [0.1, 0.15) is 6.23 Å². The molecule has 19 heavy (non-hydrogen) atoms. The van der Waals surface area contributed by atoms with Gasteiger partial charge in [-0.1, -0.05) is 15.9 Å². The minimum absolute atomic E-state index is 0.211. The van der Waals surface area contributed by atoms with Gasteiger partial charge in [0.2, 0.25) is 0 Å². The quantitative estimate of drug-likeness (QED) is 0.789. The van der Waals surface area contributed by atoms with E-state index in [1.54, 1.807) is 0 Å². The highest BCUT2D eigenvalue weighted by molar-refractivity contribution is 9.11. The van der Waals surface area contributed by atoms with Gasteiger partial charge in [0.05, 0.1) is 23.7 Å². The van der Waals surface area contributed by atoms with E-state index in [1.165, 1.54) is 21.8 Å². The van der Waals surface area contributed by atoms with Crippen LogP contribution in [0, 0.1) is 0 Å². The molecule has 1 aromatic rings. The molecule has 1 aromatic heterocycles. The van der Waals surface area contributed by atoms with Gasteiger partial charge in [0.15, 0.2) is 0 Å². The van der Waals surface area contributed by atoms with E-state index >= 15 is 0 Å². The van der Waals surface area contributed by atoms with Crippen molar-refractivity contribution in [3.05, 3.63) is 37.6 Å². The topological polar surface area (TPSA) is 84.3 Å². The Balaban J connectivity index is 2.38. The molecule has 2 heterocycles. The molecule has 8 heteroatoms. The van der Waals surface area contributed by atoms with Gasteiger partial charge in [-0.25, -0.2) is 4.79 Å². The summed E-state index contributed by atoms with van der Waals surface area (Å²) in [4.78, 5) is 27.0. The second kappa shape index (κ2) is 6.04. The van der Waals surface area contributed by atoms with Crippen molar-refractivity contribution in [3.8, 4) is 0 Å². The van der Waals surface area contributed by atoms with E-state index in [0.717, 1.165) is 0 Å². The van der Waals surface area contributed by atoms with Gasteiger partial charge in [-0.05, 0) is 11.1 Å². The Bertz CT molecular complexity index is 597. The highest BCUT2D eigenvalue weighted by Crippen LogP contribution is 2.30. The summed E-state index contributed by atoms with van der Waals surface area (Å²) >= 11 is 9.08. The fraction of sp³-hybridized carbons (Fsp3) is 0.455. The molecule has 1 fully saturated rings. The van der Waals surface area contributed by atoms with Crippen LogP contribution >= 0.6 is 27.5 Å². The normalized spacial score (nSPS) is 27.2. The van der Waals surface area contributed by atoms with E-state index in [-0.39, 0.29) is 12.0 Å². The molecule has 104 valence electrons. The van der Waals surface area contributed by atoms with E-state index in [9.17, 15) is 9.59 Å². The van der Waals surface area contributed by atoms with E-state index in [0.29, 0.717) is 12.0 Å². The van der Waals surface area contributed by atoms with E-state index in [1.807, 2.05) is 0 Å². The molecule has 6 nitrogen and oxygen atoms in total. The van der Waals surface area contributed by atoms with Gasteiger partial charge in [0.25, 0.3) is 5.56 Å².